The second-order valence-corrected chi connectivity index (χ2v) is 2.07. The fourth-order valence-electron chi connectivity index (χ4n) is 0.380. The molecule has 0 amide bonds. The summed E-state index contributed by atoms with van der Waals surface area (Å²) in [4.78, 5) is 3.17. The molecule has 1 rings (SSSR count). The third-order valence-electron chi connectivity index (χ3n) is 0.653. The van der Waals surface area contributed by atoms with Crippen LogP contribution in [-0.4, -0.2) is 4.98 Å². The summed E-state index contributed by atoms with van der Waals surface area (Å²) in [6.07, 6.45) is 0. The highest BCUT2D eigenvalue weighted by molar-refractivity contribution is 9.10. The molecular weight excluding hydrogens is 185 g/mol. The molecule has 0 atom stereocenters. The Morgan fingerprint density at radius 1 is 1.89 bits per heavy atom. The standard InChI is InChI=1S/C6H5BrFN/c1-4-2-5(7)9-6(8)3-4/h2-3H,1H3/i1D3,2D,3D. The molecule has 48 valence electrons. The molecule has 1 heterocycles. The van der Waals surface area contributed by atoms with Gasteiger partial charge >= 0.3 is 0 Å². The molecule has 0 aliphatic heterocycles. The molecule has 0 aliphatic rings. The molecule has 0 fully saturated rings. The summed E-state index contributed by atoms with van der Waals surface area (Å²) in [5.41, 5.74) is -0.628. The molecule has 1 aromatic rings. The molecule has 0 radical (unpaired) electrons. The van der Waals surface area contributed by atoms with Gasteiger partial charge < -0.3 is 0 Å². The minimum absolute atomic E-state index is 0.211. The van der Waals surface area contributed by atoms with Crippen molar-refractivity contribution in [2.75, 3.05) is 0 Å². The number of aromatic nitrogens is 1. The van der Waals surface area contributed by atoms with E-state index in [1.165, 1.54) is 0 Å². The molecule has 0 unspecified atom stereocenters. The maximum Gasteiger partial charge on any atom is 0.214 e. The number of hydrogen-bond acceptors (Lipinski definition) is 1. The summed E-state index contributed by atoms with van der Waals surface area (Å²) < 4.78 is 48.2. The first-order valence-electron chi connectivity index (χ1n) is 4.58. The van der Waals surface area contributed by atoms with Gasteiger partial charge in [0.25, 0.3) is 0 Å². The predicted octanol–water partition coefficient (Wildman–Crippen LogP) is 2.29. The van der Waals surface area contributed by atoms with Crippen LogP contribution >= 0.6 is 15.9 Å². The lowest BCUT2D eigenvalue weighted by molar-refractivity contribution is 0.579. The summed E-state index contributed by atoms with van der Waals surface area (Å²) in [7, 11) is 0. The van der Waals surface area contributed by atoms with Gasteiger partial charge in [-0.05, 0) is 40.4 Å². The molecule has 0 saturated heterocycles. The van der Waals surface area contributed by atoms with Gasteiger partial charge in [-0.15, -0.1) is 0 Å². The molecule has 1 nitrogen and oxygen atoms in total. The number of nitrogens with zero attached hydrogens (tertiary/aromatic N) is 1. The first-order valence-corrected chi connectivity index (χ1v) is 2.87. The van der Waals surface area contributed by atoms with Crippen molar-refractivity contribution in [3.8, 4) is 0 Å². The Labute approximate surface area is 68.1 Å². The number of pyridine rings is 1. The van der Waals surface area contributed by atoms with Crippen LogP contribution in [0.25, 0.3) is 0 Å². The second-order valence-electron chi connectivity index (χ2n) is 1.32. The zero-order chi connectivity index (χ0) is 11.1. The predicted molar refractivity (Wildman–Crippen MR) is 36.6 cm³/mol. The van der Waals surface area contributed by atoms with E-state index in [0.717, 1.165) is 0 Å². The van der Waals surface area contributed by atoms with Crippen molar-refractivity contribution in [1.82, 2.24) is 4.98 Å². The van der Waals surface area contributed by atoms with E-state index in [4.69, 9.17) is 6.85 Å². The molecule has 0 aliphatic carbocycles. The number of halogens is 2. The SMILES string of the molecule is [2H]c1c(F)nc(Br)c([2H])c1C([2H])([2H])[2H]. The molecule has 0 bridgehead atoms. The summed E-state index contributed by atoms with van der Waals surface area (Å²) in [6, 6.07) is -1.32. The Balaban J connectivity index is 3.56. The number of rotatable bonds is 0. The van der Waals surface area contributed by atoms with Crippen LogP contribution in [0.5, 0.6) is 0 Å². The van der Waals surface area contributed by atoms with Crippen molar-refractivity contribution in [2.24, 2.45) is 0 Å². The molecular formula is C6H5BrFN. The van der Waals surface area contributed by atoms with Crippen LogP contribution in [-0.2, 0) is 0 Å². The molecule has 0 aromatic carbocycles. The minimum atomic E-state index is -2.68. The lowest BCUT2D eigenvalue weighted by atomic mass is 10.3. The highest BCUT2D eigenvalue weighted by Gasteiger charge is 1.93. The van der Waals surface area contributed by atoms with E-state index < -0.39 is 30.4 Å². The van der Waals surface area contributed by atoms with Gasteiger partial charge in [0.1, 0.15) is 4.60 Å². The largest absolute Gasteiger partial charge is 0.214 e. The quantitative estimate of drug-likeness (QED) is 0.578. The van der Waals surface area contributed by atoms with E-state index in [2.05, 4.69) is 20.9 Å². The summed E-state index contributed by atoms with van der Waals surface area (Å²) in [6.45, 7) is -2.68. The Morgan fingerprint density at radius 2 is 2.67 bits per heavy atom. The van der Waals surface area contributed by atoms with Crippen LogP contribution in [0.1, 0.15) is 12.4 Å². The van der Waals surface area contributed by atoms with Gasteiger partial charge in [0, 0.05) is 4.11 Å². The smallest absolute Gasteiger partial charge is 0.213 e. The summed E-state index contributed by atoms with van der Waals surface area (Å²) in [5, 5.41) is 0. The maximum absolute atomic E-state index is 12.9. The average molecular weight is 195 g/mol. The normalized spacial score (nSPS) is 19.1. The molecule has 1 aromatic heterocycles. The lowest BCUT2D eigenvalue weighted by Gasteiger charge is -1.91. The van der Waals surface area contributed by atoms with Crippen molar-refractivity contribution in [3.63, 3.8) is 0 Å². The second kappa shape index (κ2) is 2.43. The van der Waals surface area contributed by atoms with Gasteiger partial charge in [0.05, 0.1) is 2.74 Å². The highest BCUT2D eigenvalue weighted by atomic mass is 79.9. The Kier molecular flexibility index (Phi) is 0.720. The van der Waals surface area contributed by atoms with Crippen LogP contribution in [0.3, 0.4) is 0 Å². The molecule has 0 saturated carbocycles. The average Bonchev–Trinajstić information content (AvgIpc) is 1.98. The maximum atomic E-state index is 12.9. The lowest BCUT2D eigenvalue weighted by Crippen LogP contribution is -1.83. The fraction of sp³-hybridized carbons (Fsp3) is 0.167. The monoisotopic (exact) mass is 194 g/mol. The zero-order valence-corrected chi connectivity index (χ0v) is 5.79. The van der Waals surface area contributed by atoms with Gasteiger partial charge in [-0.1, -0.05) is 0 Å². The molecule has 0 N–H and O–H groups in total. The van der Waals surface area contributed by atoms with Gasteiger partial charge in [-0.3, -0.25) is 0 Å². The van der Waals surface area contributed by atoms with Crippen molar-refractivity contribution in [2.45, 2.75) is 6.85 Å². The van der Waals surface area contributed by atoms with E-state index in [9.17, 15) is 4.39 Å². The first-order chi connectivity index (χ1) is 6.25. The van der Waals surface area contributed by atoms with Crippen LogP contribution in [0, 0.1) is 12.8 Å². The van der Waals surface area contributed by atoms with Gasteiger partial charge in [-0.25, -0.2) is 4.98 Å². The summed E-state index contributed by atoms with van der Waals surface area (Å²) >= 11 is 2.75. The van der Waals surface area contributed by atoms with Crippen molar-refractivity contribution < 1.29 is 11.2 Å². The van der Waals surface area contributed by atoms with E-state index in [1.54, 1.807) is 0 Å². The third-order valence-corrected chi connectivity index (χ3v) is 1.03. The topological polar surface area (TPSA) is 12.9 Å². The van der Waals surface area contributed by atoms with E-state index in [1.807, 2.05) is 0 Å². The Bertz CT molecular complexity index is 351. The van der Waals surface area contributed by atoms with Crippen molar-refractivity contribution >= 4 is 15.9 Å². The van der Waals surface area contributed by atoms with Gasteiger partial charge in [-0.2, -0.15) is 4.39 Å². The molecule has 9 heavy (non-hydrogen) atoms. The van der Waals surface area contributed by atoms with Crippen LogP contribution in [0.15, 0.2) is 16.7 Å². The van der Waals surface area contributed by atoms with Crippen molar-refractivity contribution in [3.05, 3.63) is 28.2 Å². The summed E-state index contributed by atoms with van der Waals surface area (Å²) in [5.74, 6) is -1.20. The third kappa shape index (κ3) is 1.75. The molecule has 0 spiro atoms. The number of hydrogen-bond donors (Lipinski definition) is 0. The minimum Gasteiger partial charge on any atom is -0.213 e. The zero-order valence-electron chi connectivity index (χ0n) is 9.20. The van der Waals surface area contributed by atoms with Gasteiger partial charge in [0.2, 0.25) is 5.95 Å². The first kappa shape index (κ1) is 2.66. The fourth-order valence-corrected chi connectivity index (χ4v) is 0.734. The Hall–Kier alpha value is -0.440. The van der Waals surface area contributed by atoms with E-state index in [-0.39, 0.29) is 4.60 Å². The van der Waals surface area contributed by atoms with Gasteiger partial charge in [0.15, 0.2) is 0 Å². The van der Waals surface area contributed by atoms with Crippen LogP contribution < -0.4 is 0 Å². The van der Waals surface area contributed by atoms with Crippen molar-refractivity contribution in [1.29, 1.82) is 0 Å². The van der Waals surface area contributed by atoms with Crippen LogP contribution in [0.2, 0.25) is 0 Å². The Morgan fingerprint density at radius 3 is 3.33 bits per heavy atom. The van der Waals surface area contributed by atoms with E-state index in [0.29, 0.717) is 0 Å². The van der Waals surface area contributed by atoms with E-state index >= 15 is 0 Å². The van der Waals surface area contributed by atoms with Crippen LogP contribution in [0.4, 0.5) is 4.39 Å². The highest BCUT2D eigenvalue weighted by Crippen LogP contribution is 2.08. The molecule has 3 heteroatoms.